The van der Waals surface area contributed by atoms with Gasteiger partial charge in [-0.1, -0.05) is 54.6 Å². The second-order valence-electron chi connectivity index (χ2n) is 9.42. The quantitative estimate of drug-likeness (QED) is 0.327. The fourth-order valence-corrected chi connectivity index (χ4v) is 5.44. The van der Waals surface area contributed by atoms with E-state index in [1.165, 1.54) is 18.4 Å². The molecule has 0 bridgehead atoms. The number of aromatic nitrogens is 6. The summed E-state index contributed by atoms with van der Waals surface area (Å²) in [7, 11) is 0. The van der Waals surface area contributed by atoms with E-state index in [0.29, 0.717) is 16.9 Å². The molecule has 1 N–H and O–H groups in total. The number of fused-ring (bicyclic) bond motifs is 3. The predicted octanol–water partition coefficient (Wildman–Crippen LogP) is 2.05. The Morgan fingerprint density at radius 2 is 1.32 bits per heavy atom. The van der Waals surface area contributed by atoms with Crippen LogP contribution in [0.4, 0.5) is 0 Å². The number of hydrogen-bond donors (Lipinski definition) is 1. The molecule has 4 heterocycles. The fraction of sp³-hybridized carbons (Fsp3) is 0.0690. The predicted molar refractivity (Wildman–Crippen MR) is 146 cm³/mol. The highest BCUT2D eigenvalue weighted by Gasteiger charge is 2.45. The van der Waals surface area contributed by atoms with Crippen molar-refractivity contribution in [2.45, 2.75) is 12.1 Å². The van der Waals surface area contributed by atoms with Crippen LogP contribution in [-0.4, -0.2) is 34.1 Å². The number of Topliss-reactive ketones (excluding diaryl/α,β-unsaturated/α-hetero) is 1. The normalized spacial score (nSPS) is 15.8. The third-order valence-corrected chi connectivity index (χ3v) is 7.18. The number of furan rings is 1. The first kappa shape index (κ1) is 24.2. The topological polar surface area (TPSA) is 139 Å². The summed E-state index contributed by atoms with van der Waals surface area (Å²) in [5.41, 5.74) is -1.73. The standard InChI is InChI=1S/C29H20N6O6/c36-25(22-16-9-17-41-22)24-23(33-27(38)31(26(37)30-33)18-10-3-1-4-11-18)20-14-7-8-15-21(20)34-28(39)32(29(40)35(24)34)19-12-5-2-6-13-19/h1-17,23-24H,(H,30,37). The molecule has 12 heteroatoms. The van der Waals surface area contributed by atoms with E-state index in [1.54, 1.807) is 84.9 Å². The molecule has 3 aromatic carbocycles. The smallest absolute Gasteiger partial charge is 0.356 e. The van der Waals surface area contributed by atoms with Crippen molar-refractivity contribution in [1.82, 2.24) is 28.3 Å². The van der Waals surface area contributed by atoms with Crippen LogP contribution in [-0.2, 0) is 0 Å². The molecule has 7 rings (SSSR count). The summed E-state index contributed by atoms with van der Waals surface area (Å²) in [5, 5.41) is 2.57. The Hall–Kier alpha value is -5.91. The Labute approximate surface area is 229 Å². The number of nitrogens with one attached hydrogen (secondary N) is 1. The van der Waals surface area contributed by atoms with Gasteiger partial charge in [0.2, 0.25) is 5.78 Å². The van der Waals surface area contributed by atoms with Crippen LogP contribution in [0, 0.1) is 0 Å². The molecule has 0 fully saturated rings. The average Bonchev–Trinajstić information content (AvgIpc) is 3.70. The molecule has 2 atom stereocenters. The van der Waals surface area contributed by atoms with Crippen LogP contribution in [0.25, 0.3) is 17.1 Å². The van der Waals surface area contributed by atoms with Gasteiger partial charge in [-0.15, -0.1) is 0 Å². The largest absolute Gasteiger partial charge is 0.461 e. The lowest BCUT2D eigenvalue weighted by Gasteiger charge is -2.33. The molecule has 1 aliphatic rings. The maximum atomic E-state index is 14.1. The maximum Gasteiger partial charge on any atom is 0.356 e. The van der Waals surface area contributed by atoms with Gasteiger partial charge in [0.15, 0.2) is 5.76 Å². The molecule has 6 aromatic rings. The van der Waals surface area contributed by atoms with Crippen LogP contribution < -0.4 is 22.8 Å². The molecule has 0 amide bonds. The summed E-state index contributed by atoms with van der Waals surface area (Å²) in [6, 6.07) is 23.5. The van der Waals surface area contributed by atoms with Gasteiger partial charge in [0.25, 0.3) is 0 Å². The Kier molecular flexibility index (Phi) is 5.35. The monoisotopic (exact) mass is 548 g/mol. The lowest BCUT2D eigenvalue weighted by molar-refractivity contribution is 0.0832. The zero-order valence-corrected chi connectivity index (χ0v) is 21.2. The molecule has 12 nitrogen and oxygen atoms in total. The number of carbonyl (C=O) groups is 1. The second kappa shape index (κ2) is 9.09. The minimum atomic E-state index is -1.49. The van der Waals surface area contributed by atoms with Gasteiger partial charge in [0.05, 0.1) is 23.3 Å². The Bertz CT molecular complexity index is 2160. The van der Waals surface area contributed by atoms with Crippen molar-refractivity contribution in [1.29, 1.82) is 0 Å². The molecular formula is C29H20N6O6. The van der Waals surface area contributed by atoms with E-state index < -0.39 is 40.6 Å². The minimum Gasteiger partial charge on any atom is -0.461 e. The number of hydrogen-bond acceptors (Lipinski definition) is 6. The van der Waals surface area contributed by atoms with E-state index in [0.717, 1.165) is 23.2 Å². The average molecular weight is 549 g/mol. The summed E-state index contributed by atoms with van der Waals surface area (Å²) in [6.07, 6.45) is 1.31. The number of carbonyl (C=O) groups excluding carboxylic acids is 1. The van der Waals surface area contributed by atoms with Crippen molar-refractivity contribution < 1.29 is 9.21 Å². The number of aromatic amines is 1. The van der Waals surface area contributed by atoms with Crippen LogP contribution in [0.3, 0.4) is 0 Å². The first-order chi connectivity index (χ1) is 20.0. The summed E-state index contributed by atoms with van der Waals surface area (Å²) >= 11 is 0. The number of nitrogens with zero attached hydrogens (tertiary/aromatic N) is 5. The van der Waals surface area contributed by atoms with Crippen molar-refractivity contribution in [3.8, 4) is 17.1 Å². The van der Waals surface area contributed by atoms with Gasteiger partial charge >= 0.3 is 22.8 Å². The van der Waals surface area contributed by atoms with Crippen molar-refractivity contribution in [3.05, 3.63) is 157 Å². The van der Waals surface area contributed by atoms with Gasteiger partial charge in [-0.3, -0.25) is 4.79 Å². The van der Waals surface area contributed by atoms with E-state index in [1.807, 2.05) is 0 Å². The van der Waals surface area contributed by atoms with E-state index in [4.69, 9.17) is 4.42 Å². The van der Waals surface area contributed by atoms with Gasteiger partial charge in [0, 0.05) is 5.56 Å². The Balaban J connectivity index is 1.57. The number of rotatable bonds is 5. The first-order valence-electron chi connectivity index (χ1n) is 12.7. The number of ketones is 1. The van der Waals surface area contributed by atoms with Crippen LogP contribution in [0.15, 0.2) is 127 Å². The molecule has 0 saturated carbocycles. The van der Waals surface area contributed by atoms with Crippen molar-refractivity contribution in [2.24, 2.45) is 0 Å². The van der Waals surface area contributed by atoms with Gasteiger partial charge in [-0.2, -0.15) is 4.68 Å². The van der Waals surface area contributed by atoms with Gasteiger partial charge in [-0.05, 0) is 42.5 Å². The van der Waals surface area contributed by atoms with E-state index in [9.17, 15) is 24.0 Å². The zero-order valence-electron chi connectivity index (χ0n) is 21.2. The van der Waals surface area contributed by atoms with Crippen molar-refractivity contribution in [2.75, 3.05) is 0 Å². The molecule has 0 radical (unpaired) electrons. The second-order valence-corrected chi connectivity index (χ2v) is 9.42. The molecule has 202 valence electrons. The fourth-order valence-electron chi connectivity index (χ4n) is 5.44. The highest BCUT2D eigenvalue weighted by Crippen LogP contribution is 2.38. The molecule has 1 aliphatic heterocycles. The molecule has 0 aliphatic carbocycles. The zero-order chi connectivity index (χ0) is 28.2. The van der Waals surface area contributed by atoms with Crippen LogP contribution >= 0.6 is 0 Å². The van der Waals surface area contributed by atoms with Gasteiger partial charge in [-0.25, -0.2) is 42.8 Å². The highest BCUT2D eigenvalue weighted by molar-refractivity contribution is 5.97. The van der Waals surface area contributed by atoms with Gasteiger partial charge in [0.1, 0.15) is 12.1 Å². The van der Waals surface area contributed by atoms with Crippen molar-refractivity contribution in [3.63, 3.8) is 0 Å². The van der Waals surface area contributed by atoms with Crippen LogP contribution in [0.1, 0.15) is 28.2 Å². The van der Waals surface area contributed by atoms with E-state index >= 15 is 0 Å². The Morgan fingerprint density at radius 1 is 0.683 bits per heavy atom. The number of H-pyrrole nitrogens is 1. The molecule has 0 saturated heterocycles. The highest BCUT2D eigenvalue weighted by atomic mass is 16.3. The number of benzene rings is 3. The lowest BCUT2D eigenvalue weighted by atomic mass is 9.92. The summed E-state index contributed by atoms with van der Waals surface area (Å²) < 4.78 is 10.5. The summed E-state index contributed by atoms with van der Waals surface area (Å²) in [6.45, 7) is 0. The molecule has 3 aromatic heterocycles. The summed E-state index contributed by atoms with van der Waals surface area (Å²) in [5.74, 6) is -0.758. The third kappa shape index (κ3) is 3.50. The third-order valence-electron chi connectivity index (χ3n) is 7.18. The first-order valence-corrected chi connectivity index (χ1v) is 12.7. The van der Waals surface area contributed by atoms with Crippen LogP contribution in [0.5, 0.6) is 0 Å². The lowest BCUT2D eigenvalue weighted by Crippen LogP contribution is -2.46. The maximum absolute atomic E-state index is 14.1. The van der Waals surface area contributed by atoms with Crippen molar-refractivity contribution >= 4 is 5.78 Å². The molecule has 0 spiro atoms. The minimum absolute atomic E-state index is 0.0874. The van der Waals surface area contributed by atoms with E-state index in [-0.39, 0.29) is 11.4 Å². The van der Waals surface area contributed by atoms with Crippen LogP contribution in [0.2, 0.25) is 0 Å². The SMILES string of the molecule is O=C(c1ccco1)C1C(n2[nH]c(=O)n(-c3ccccc3)c2=O)c2ccccc2-n2c(=O)n(-c3ccccc3)c(=O)n21. The Morgan fingerprint density at radius 3 is 1.98 bits per heavy atom. The summed E-state index contributed by atoms with van der Waals surface area (Å²) in [4.78, 5) is 69.0. The molecule has 41 heavy (non-hydrogen) atoms. The van der Waals surface area contributed by atoms with E-state index in [2.05, 4.69) is 5.10 Å². The molecule has 2 unspecified atom stereocenters. The molecular weight excluding hydrogens is 528 g/mol. The number of para-hydroxylation sites is 3. The van der Waals surface area contributed by atoms with Gasteiger partial charge < -0.3 is 4.42 Å².